The van der Waals surface area contributed by atoms with Crippen molar-refractivity contribution in [2.24, 2.45) is 4.99 Å². The number of guanidine groups is 1. The SMILES string of the molecule is CCN1C(=O)C2C(N=C3N(c4cccc(Cl)c4)C(C)=C(C)N32)N(C)C1=O. The highest BCUT2D eigenvalue weighted by atomic mass is 35.5. The summed E-state index contributed by atoms with van der Waals surface area (Å²) < 4.78 is 0. The Morgan fingerprint density at radius 2 is 1.92 bits per heavy atom. The second kappa shape index (κ2) is 5.74. The summed E-state index contributed by atoms with van der Waals surface area (Å²) in [6.45, 7) is 6.11. The van der Waals surface area contributed by atoms with Gasteiger partial charge in [-0.3, -0.25) is 19.5 Å². The number of carbonyl (C=O) groups is 2. The van der Waals surface area contributed by atoms with Crippen LogP contribution in [0.15, 0.2) is 40.7 Å². The number of carbonyl (C=O) groups excluding carboxylic acids is 2. The number of nitrogens with zero attached hydrogens (tertiary/aromatic N) is 5. The number of likely N-dealkylation sites (N-methyl/N-ethyl adjacent to an activating group) is 2. The van der Waals surface area contributed by atoms with Crippen LogP contribution in [0.2, 0.25) is 5.02 Å². The van der Waals surface area contributed by atoms with Gasteiger partial charge in [0.1, 0.15) is 0 Å². The number of allylic oxidation sites excluding steroid dienone is 2. The zero-order chi connectivity index (χ0) is 18.7. The van der Waals surface area contributed by atoms with E-state index in [1.807, 2.05) is 47.9 Å². The Labute approximate surface area is 157 Å². The first-order valence-electron chi connectivity index (χ1n) is 8.55. The maximum Gasteiger partial charge on any atom is 0.328 e. The van der Waals surface area contributed by atoms with Gasteiger partial charge >= 0.3 is 6.03 Å². The molecule has 3 aliphatic heterocycles. The summed E-state index contributed by atoms with van der Waals surface area (Å²) in [6.07, 6.45) is -0.530. The van der Waals surface area contributed by atoms with E-state index < -0.39 is 12.2 Å². The van der Waals surface area contributed by atoms with Crippen molar-refractivity contribution >= 4 is 35.2 Å². The van der Waals surface area contributed by atoms with Crippen LogP contribution >= 0.6 is 11.6 Å². The van der Waals surface area contributed by atoms with Gasteiger partial charge in [-0.15, -0.1) is 0 Å². The second-order valence-corrected chi connectivity index (χ2v) is 7.06. The number of urea groups is 1. The van der Waals surface area contributed by atoms with Crippen LogP contribution < -0.4 is 4.90 Å². The number of rotatable bonds is 2. The van der Waals surface area contributed by atoms with Crippen molar-refractivity contribution in [2.75, 3.05) is 18.5 Å². The Morgan fingerprint density at radius 3 is 2.58 bits per heavy atom. The Morgan fingerprint density at radius 1 is 1.19 bits per heavy atom. The first kappa shape index (κ1) is 16.9. The zero-order valence-corrected chi connectivity index (χ0v) is 15.9. The van der Waals surface area contributed by atoms with Crippen molar-refractivity contribution in [3.8, 4) is 0 Å². The van der Waals surface area contributed by atoms with Crippen LogP contribution in [0.25, 0.3) is 0 Å². The lowest BCUT2D eigenvalue weighted by molar-refractivity contribution is -0.136. The molecule has 0 spiro atoms. The highest BCUT2D eigenvalue weighted by molar-refractivity contribution is 6.31. The predicted octanol–water partition coefficient (Wildman–Crippen LogP) is 2.69. The van der Waals surface area contributed by atoms with Gasteiger partial charge in [0.15, 0.2) is 12.2 Å². The van der Waals surface area contributed by atoms with Gasteiger partial charge in [-0.2, -0.15) is 0 Å². The molecule has 3 aliphatic rings. The van der Waals surface area contributed by atoms with Crippen molar-refractivity contribution in [1.82, 2.24) is 14.7 Å². The number of benzene rings is 1. The number of amides is 3. The fourth-order valence-corrected chi connectivity index (χ4v) is 4.01. The molecule has 4 rings (SSSR count). The minimum Gasteiger partial charge on any atom is -0.302 e. The molecule has 0 bridgehead atoms. The molecule has 0 aromatic heterocycles. The lowest BCUT2D eigenvalue weighted by Gasteiger charge is -2.40. The van der Waals surface area contributed by atoms with Crippen molar-refractivity contribution in [3.63, 3.8) is 0 Å². The van der Waals surface area contributed by atoms with Crippen molar-refractivity contribution in [3.05, 3.63) is 40.7 Å². The molecule has 26 heavy (non-hydrogen) atoms. The summed E-state index contributed by atoms with van der Waals surface area (Å²) in [6, 6.07) is 6.66. The van der Waals surface area contributed by atoms with Gasteiger partial charge in [0, 0.05) is 30.0 Å². The van der Waals surface area contributed by atoms with Crippen LogP contribution in [0.3, 0.4) is 0 Å². The van der Waals surface area contributed by atoms with E-state index in [9.17, 15) is 9.59 Å². The number of imide groups is 1. The van der Waals surface area contributed by atoms with Gasteiger partial charge in [-0.05, 0) is 39.0 Å². The topological polar surface area (TPSA) is 59.5 Å². The van der Waals surface area contributed by atoms with Gasteiger partial charge in [0.25, 0.3) is 5.91 Å². The molecule has 3 heterocycles. The second-order valence-electron chi connectivity index (χ2n) is 6.62. The summed E-state index contributed by atoms with van der Waals surface area (Å²) in [5.74, 6) is 0.447. The summed E-state index contributed by atoms with van der Waals surface area (Å²) in [5.41, 5.74) is 2.81. The van der Waals surface area contributed by atoms with Crippen molar-refractivity contribution in [1.29, 1.82) is 0 Å². The van der Waals surface area contributed by atoms with E-state index in [2.05, 4.69) is 0 Å². The van der Waals surface area contributed by atoms with E-state index in [0.29, 0.717) is 17.5 Å². The highest BCUT2D eigenvalue weighted by Crippen LogP contribution is 2.40. The highest BCUT2D eigenvalue weighted by Gasteiger charge is 2.55. The van der Waals surface area contributed by atoms with Gasteiger partial charge < -0.3 is 4.90 Å². The van der Waals surface area contributed by atoms with Crippen LogP contribution in [-0.2, 0) is 4.79 Å². The van der Waals surface area contributed by atoms with Crippen LogP contribution in [0, 0.1) is 0 Å². The van der Waals surface area contributed by atoms with E-state index >= 15 is 0 Å². The molecule has 1 aromatic rings. The monoisotopic (exact) mass is 373 g/mol. The normalized spacial score (nSPS) is 25.2. The number of halogens is 1. The summed E-state index contributed by atoms with van der Waals surface area (Å²) in [5, 5.41) is 0.628. The first-order chi connectivity index (χ1) is 12.4. The summed E-state index contributed by atoms with van der Waals surface area (Å²) in [4.78, 5) is 37.0. The molecular formula is C18H20ClN5O2. The molecule has 2 atom stereocenters. The molecule has 1 fully saturated rings. The third-order valence-electron chi connectivity index (χ3n) is 5.28. The van der Waals surface area contributed by atoms with E-state index in [1.54, 1.807) is 18.9 Å². The molecule has 1 aromatic carbocycles. The van der Waals surface area contributed by atoms with Crippen LogP contribution in [0.5, 0.6) is 0 Å². The molecular weight excluding hydrogens is 354 g/mol. The largest absolute Gasteiger partial charge is 0.328 e. The molecule has 0 saturated carbocycles. The number of fused-ring (bicyclic) bond motifs is 3. The van der Waals surface area contributed by atoms with E-state index in [0.717, 1.165) is 17.1 Å². The molecule has 0 radical (unpaired) electrons. The lowest BCUT2D eigenvalue weighted by atomic mass is 10.1. The maximum atomic E-state index is 13.0. The molecule has 0 aliphatic carbocycles. The number of hydrogen-bond donors (Lipinski definition) is 0. The van der Waals surface area contributed by atoms with Crippen molar-refractivity contribution < 1.29 is 9.59 Å². The average Bonchev–Trinajstić information content (AvgIpc) is 3.10. The van der Waals surface area contributed by atoms with E-state index in [4.69, 9.17) is 16.6 Å². The van der Waals surface area contributed by atoms with E-state index in [-0.39, 0.29) is 11.9 Å². The lowest BCUT2D eigenvalue weighted by Crippen LogP contribution is -2.64. The van der Waals surface area contributed by atoms with Crippen LogP contribution in [0.4, 0.5) is 10.5 Å². The summed E-state index contributed by atoms with van der Waals surface area (Å²) >= 11 is 6.17. The minimum atomic E-state index is -0.535. The standard InChI is InChI=1S/C18H20ClN5O2/c1-5-22-16(25)14-15(21(4)18(22)26)20-17-23(10(2)11(3)24(14)17)13-8-6-7-12(19)9-13/h6-9,14-15H,5H2,1-4H3. The van der Waals surface area contributed by atoms with Crippen molar-refractivity contribution in [2.45, 2.75) is 33.0 Å². The Balaban J connectivity index is 1.81. The molecule has 136 valence electrons. The maximum absolute atomic E-state index is 13.0. The summed E-state index contributed by atoms with van der Waals surface area (Å²) in [7, 11) is 1.69. The molecule has 2 unspecified atom stereocenters. The van der Waals surface area contributed by atoms with Crippen LogP contribution in [-0.4, -0.2) is 58.4 Å². The Bertz CT molecular complexity index is 880. The molecule has 8 heteroatoms. The molecule has 0 N–H and O–H groups in total. The molecule has 1 saturated heterocycles. The van der Waals surface area contributed by atoms with E-state index in [1.165, 1.54) is 4.90 Å². The van der Waals surface area contributed by atoms with Gasteiger partial charge in [-0.25, -0.2) is 9.79 Å². The minimum absolute atomic E-state index is 0.209. The quantitative estimate of drug-likeness (QED) is 0.799. The molecule has 7 nitrogen and oxygen atoms in total. The van der Waals surface area contributed by atoms with Crippen LogP contribution in [0.1, 0.15) is 20.8 Å². The average molecular weight is 374 g/mol. The van der Waals surface area contributed by atoms with Gasteiger partial charge in [0.2, 0.25) is 5.96 Å². The third-order valence-corrected chi connectivity index (χ3v) is 5.51. The Hall–Kier alpha value is -2.54. The van der Waals surface area contributed by atoms with Gasteiger partial charge in [0.05, 0.1) is 5.69 Å². The number of aliphatic imine (C=N–C) groups is 1. The number of anilines is 1. The zero-order valence-electron chi connectivity index (χ0n) is 15.1. The number of hydrogen-bond acceptors (Lipinski definition) is 5. The predicted molar refractivity (Wildman–Crippen MR) is 99.7 cm³/mol. The first-order valence-corrected chi connectivity index (χ1v) is 8.93. The fraction of sp³-hybridized carbons (Fsp3) is 0.389. The molecule has 3 amide bonds. The Kier molecular flexibility index (Phi) is 3.73. The van der Waals surface area contributed by atoms with Gasteiger partial charge in [-0.1, -0.05) is 17.7 Å². The third kappa shape index (κ3) is 2.10. The smallest absolute Gasteiger partial charge is 0.302 e. The fourth-order valence-electron chi connectivity index (χ4n) is 3.83.